The van der Waals surface area contributed by atoms with E-state index in [1.165, 1.54) is 6.20 Å². The first-order valence-electron chi connectivity index (χ1n) is 27.7. The predicted octanol–water partition coefficient (Wildman–Crippen LogP) is 2.43. The van der Waals surface area contributed by atoms with E-state index in [9.17, 15) is 77.2 Å². The average Bonchev–Trinajstić information content (AvgIpc) is 1.75. The van der Waals surface area contributed by atoms with Gasteiger partial charge in [0, 0.05) is 50.9 Å². The molecule has 0 spiro atoms. The number of aromatic nitrogens is 4. The summed E-state index contributed by atoms with van der Waals surface area (Å²) < 4.78 is 80.2. The summed E-state index contributed by atoms with van der Waals surface area (Å²) in [6.07, 6.45) is -5.75. The van der Waals surface area contributed by atoms with Crippen molar-refractivity contribution in [2.24, 2.45) is 0 Å². The number of nitrogens with zero attached hydrogens (tertiary/aromatic N) is 4. The standard InChI is InChI=1S/C26H41N4O18P3.C26H38N4O9.2HI.V/c1-25(2,3)45-21(33)11-16(23(34)46-26(4,5)6)28-19(32)10-8-7-9-15-13-30(24(35)29-22(15)27)20-12-17(31)18(44-20)14-43-50(39,40)48-51(41,42)47-49(36,37)38;1-25(2,3)38-21(34)11-16(23(35)39-26(4,5)6)28-19(33)10-8-7-9-15-13-30(24(36)29-22(15)27)20-12-17(32)18(14-31)37-20;;;/h13,16-18,20,31H,8,10-12,14H2,1-6H3,(H,28,32)(H,39,40)(H,41,42)(H2,27,29,35)(H2,36,37,38);13,16-18,20,31-32H,8,10-12,14H2,1-6H3,(H,28,33)(H2,27,29,36);2*1H;/q;;;;+2/p-2/t2*16?,17?,18-,20-;;;/m11.../s1. The Morgan fingerprint density at radius 1 is 0.645 bits per heavy atom. The molecule has 4 heterocycles. The molecular weight excluding hydrogens is 1570 g/mol. The maximum absolute atomic E-state index is 12.7. The molecule has 2 aliphatic heterocycles. The molecule has 2 aromatic heterocycles. The Labute approximate surface area is 563 Å². The summed E-state index contributed by atoms with van der Waals surface area (Å²) in [5.41, 5.74) is 6.87. The van der Waals surface area contributed by atoms with E-state index in [-0.39, 0.29) is 61.3 Å². The van der Waals surface area contributed by atoms with Crippen LogP contribution in [0, 0.1) is 23.7 Å². The van der Waals surface area contributed by atoms with Crippen molar-refractivity contribution < 1.29 is 128 Å². The van der Waals surface area contributed by atoms with Gasteiger partial charge in [0.15, 0.2) is 0 Å². The fraction of sp³-hybridized carbons (Fsp3) is 0.654. The van der Waals surface area contributed by atoms with Gasteiger partial charge in [0.05, 0.1) is 49.4 Å². The number of carbonyl (C=O) groups excluding carboxylic acids is 6. The SMILES string of the molecule is CC(C)(C)OC(=O)CC(NC(=O)CCC#Cc1cn([C@H]2CC(O)[C@@H](CO)O2)c(=O)nc1N)C(=O)OC(C)(C)C.CC(C)(C)OC(=O)CC(NC(=O)CCC#Cc1cn([C@H]2CC(O)[C@@H](COP(=O)(O)OP(=O)(O)OP(=O)(O)O)O2)c(=O)nc1N)C(=O)OC(C)(C)C.[I][V][I]. The van der Waals surface area contributed by atoms with E-state index in [1.807, 2.05) is 0 Å². The van der Waals surface area contributed by atoms with Gasteiger partial charge in [-0.2, -0.15) is 18.6 Å². The zero-order valence-corrected chi connectivity index (χ0v) is 61.0. The second-order valence-electron chi connectivity index (χ2n) is 23.9. The zero-order valence-electron chi connectivity index (χ0n) is 52.6. The molecule has 0 aromatic carbocycles. The van der Waals surface area contributed by atoms with Crippen LogP contribution in [0.15, 0.2) is 22.0 Å². The molecule has 523 valence electrons. The molecule has 10 atom stereocenters. The summed E-state index contributed by atoms with van der Waals surface area (Å²) in [5.74, 6) is 6.22. The summed E-state index contributed by atoms with van der Waals surface area (Å²) in [6.45, 7) is 18.5. The van der Waals surface area contributed by atoms with Crippen LogP contribution in [0.4, 0.5) is 11.6 Å². The first-order chi connectivity index (χ1) is 42.4. The van der Waals surface area contributed by atoms with Gasteiger partial charge in [-0.3, -0.25) is 32.8 Å². The van der Waals surface area contributed by atoms with Gasteiger partial charge >= 0.3 is 108 Å². The van der Waals surface area contributed by atoms with Crippen LogP contribution in [0.25, 0.3) is 0 Å². The number of aliphatic hydroxyl groups excluding tert-OH is 3. The van der Waals surface area contributed by atoms with Gasteiger partial charge in [0.2, 0.25) is 11.8 Å². The Balaban J connectivity index is 0.000000627. The van der Waals surface area contributed by atoms with Crippen molar-refractivity contribution >= 4 is 111 Å². The van der Waals surface area contributed by atoms with Gasteiger partial charge in [-0.15, -0.1) is 0 Å². The molecule has 93 heavy (non-hydrogen) atoms. The molecule has 2 saturated heterocycles. The Morgan fingerprint density at radius 2 is 1.00 bits per heavy atom. The molecule has 0 aliphatic carbocycles. The Morgan fingerprint density at radius 3 is 1.33 bits per heavy atom. The molecule has 41 heteroatoms. The molecule has 2 amide bonds. The van der Waals surface area contributed by atoms with Crippen molar-refractivity contribution in [2.75, 3.05) is 24.7 Å². The summed E-state index contributed by atoms with van der Waals surface area (Å²) in [5, 5.41) is 34.5. The molecule has 2 aliphatic rings. The first-order valence-corrected chi connectivity index (χ1v) is 41.2. The van der Waals surface area contributed by atoms with Crippen molar-refractivity contribution in [3.63, 3.8) is 0 Å². The van der Waals surface area contributed by atoms with E-state index in [0.717, 1.165) is 15.3 Å². The van der Waals surface area contributed by atoms with Gasteiger partial charge < -0.3 is 85.4 Å². The molecule has 35 nitrogen and oxygen atoms in total. The van der Waals surface area contributed by atoms with Crippen molar-refractivity contribution in [3.05, 3.63) is 44.5 Å². The van der Waals surface area contributed by atoms with Crippen LogP contribution in [0.3, 0.4) is 0 Å². The zero-order chi connectivity index (χ0) is 71.4. The number of phosphoric ester groups is 1. The molecule has 4 rings (SSSR count). The Kier molecular flexibility index (Phi) is 33.5. The topological polar surface area (TPSA) is 524 Å². The number of esters is 4. The minimum atomic E-state index is -5.78. The number of nitrogens with two attached hydrogens (primary N) is 2. The number of nitrogens with one attached hydrogen (secondary N) is 2. The van der Waals surface area contributed by atoms with Gasteiger partial charge in [-0.05, 0) is 83.1 Å². The number of nitrogen functional groups attached to an aromatic ring is 2. The number of ether oxygens (including phenoxy) is 6. The van der Waals surface area contributed by atoms with Gasteiger partial charge in [0.1, 0.15) is 70.8 Å². The van der Waals surface area contributed by atoms with Gasteiger partial charge in [-0.25, -0.2) is 32.9 Å². The monoisotopic (exact) mass is 1650 g/mol. The molecule has 13 N–H and O–H groups in total. The molecular formula is C52H79I2N8O27P3V. The van der Waals surface area contributed by atoms with E-state index in [1.54, 1.807) is 83.1 Å². The van der Waals surface area contributed by atoms with E-state index >= 15 is 0 Å². The number of halogens is 2. The number of carbonyl (C=O) groups is 6. The van der Waals surface area contributed by atoms with Crippen LogP contribution in [0.2, 0.25) is 0 Å². The second-order valence-corrected chi connectivity index (χ2v) is 40.2. The summed E-state index contributed by atoms with van der Waals surface area (Å²) in [4.78, 5) is 144. The maximum atomic E-state index is 12.7. The van der Waals surface area contributed by atoms with Crippen LogP contribution >= 0.6 is 63.4 Å². The van der Waals surface area contributed by atoms with Gasteiger partial charge in [0.25, 0.3) is 0 Å². The second kappa shape index (κ2) is 36.8. The third-order valence-electron chi connectivity index (χ3n) is 11.0. The number of hydrogen-bond donors (Lipinski definition) is 11. The van der Waals surface area contributed by atoms with E-state index in [0.29, 0.717) is 9.47 Å². The Bertz CT molecular complexity index is 3360. The normalized spacial score (nSPS) is 20.0. The van der Waals surface area contributed by atoms with E-state index in [2.05, 4.69) is 97.4 Å². The molecule has 2 aromatic rings. The Hall–Kier alpha value is -4.45. The summed E-state index contributed by atoms with van der Waals surface area (Å²) in [7, 11) is -16.3. The molecule has 2 fully saturated rings. The van der Waals surface area contributed by atoms with Gasteiger partial charge in [-0.1, -0.05) is 23.7 Å². The number of rotatable bonds is 22. The van der Waals surface area contributed by atoms with Crippen molar-refractivity contribution in [1.82, 2.24) is 29.7 Å². The number of hydrogen-bond acceptors (Lipinski definition) is 27. The van der Waals surface area contributed by atoms with Crippen molar-refractivity contribution in [2.45, 2.75) is 206 Å². The number of phosphoric acid groups is 3. The fourth-order valence-electron chi connectivity index (χ4n) is 7.56. The van der Waals surface area contributed by atoms with Crippen molar-refractivity contribution in [1.29, 1.82) is 0 Å². The van der Waals surface area contributed by atoms with Crippen LogP contribution in [0.1, 0.15) is 158 Å². The third-order valence-corrected chi connectivity index (χ3v) is 14.8. The van der Waals surface area contributed by atoms with E-state index in [4.69, 9.17) is 49.7 Å². The number of aliphatic hydroxyl groups is 3. The molecule has 0 bridgehead atoms. The number of anilines is 2. The first kappa shape index (κ1) is 84.6. The van der Waals surface area contributed by atoms with Crippen LogP contribution in [-0.2, 0) is 93.5 Å². The molecule has 0 radical (unpaired) electrons. The summed E-state index contributed by atoms with van der Waals surface area (Å²) >= 11 is 4.74. The molecule has 6 unspecified atom stereocenters. The summed E-state index contributed by atoms with van der Waals surface area (Å²) in [6, 6.07) is -2.58. The van der Waals surface area contributed by atoms with Crippen molar-refractivity contribution in [3.8, 4) is 23.7 Å². The van der Waals surface area contributed by atoms with Crippen LogP contribution in [-0.4, -0.2) is 162 Å². The predicted molar refractivity (Wildman–Crippen MR) is 339 cm³/mol. The van der Waals surface area contributed by atoms with Crippen LogP contribution in [0.5, 0.6) is 0 Å². The van der Waals surface area contributed by atoms with Crippen LogP contribution < -0.4 is 33.5 Å². The third kappa shape index (κ3) is 33.9. The minimum absolute atomic E-state index is 0.00127. The quantitative estimate of drug-likeness (QED) is 0.0265. The fourth-order valence-corrected chi connectivity index (χ4v) is 10.6. The molecule has 0 saturated carbocycles. The number of amides is 2. The average molecular weight is 1650 g/mol. The van der Waals surface area contributed by atoms with E-state index < -0.39 is 168 Å².